The first-order chi connectivity index (χ1) is 16.8. The van der Waals surface area contributed by atoms with E-state index in [4.69, 9.17) is 5.84 Å². The van der Waals surface area contributed by atoms with E-state index in [-0.39, 0.29) is 0 Å². The van der Waals surface area contributed by atoms with Crippen LogP contribution in [0.5, 0.6) is 0 Å². The summed E-state index contributed by atoms with van der Waals surface area (Å²) in [4.78, 5) is 0. The van der Waals surface area contributed by atoms with Gasteiger partial charge in [0.05, 0.1) is 0 Å². The van der Waals surface area contributed by atoms with Crippen LogP contribution >= 0.6 is 0 Å². The van der Waals surface area contributed by atoms with Gasteiger partial charge in [-0.1, -0.05) is 84.1 Å². The molecule has 0 heterocycles. The van der Waals surface area contributed by atoms with Crippen LogP contribution in [0.25, 0.3) is 0 Å². The van der Waals surface area contributed by atoms with E-state index in [0.29, 0.717) is 0 Å². The first kappa shape index (κ1) is 33.7. The fourth-order valence-electron chi connectivity index (χ4n) is 5.05. The van der Waals surface area contributed by atoms with Gasteiger partial charge in [-0.05, 0) is 83.0 Å². The van der Waals surface area contributed by atoms with Gasteiger partial charge < -0.3 is 10.6 Å². The summed E-state index contributed by atoms with van der Waals surface area (Å²) in [6, 6.07) is 0. The molecule has 0 amide bonds. The van der Waals surface area contributed by atoms with Gasteiger partial charge in [-0.3, -0.25) is 11.3 Å². The minimum atomic E-state index is 0.749. The molecule has 0 aliphatic heterocycles. The summed E-state index contributed by atoms with van der Waals surface area (Å²) in [5.41, 5.74) is 6.55. The maximum atomic E-state index is 5.30. The molecule has 0 fully saturated rings. The fourth-order valence-corrected chi connectivity index (χ4v) is 5.05. The van der Waals surface area contributed by atoms with E-state index in [1.54, 1.807) is 0 Å². The van der Waals surface area contributed by atoms with Crippen molar-refractivity contribution in [1.82, 2.24) is 16.1 Å². The second kappa shape index (κ2) is 23.2. The molecule has 0 aliphatic rings. The highest BCUT2D eigenvalue weighted by atomic mass is 15.2. The van der Waals surface area contributed by atoms with Crippen LogP contribution in [0, 0.1) is 17.8 Å². The van der Waals surface area contributed by atoms with Gasteiger partial charge in [0.2, 0.25) is 0 Å². The minimum absolute atomic E-state index is 0.749. The van der Waals surface area contributed by atoms with Crippen molar-refractivity contribution in [2.75, 3.05) is 19.6 Å². The van der Waals surface area contributed by atoms with Crippen molar-refractivity contribution in [2.24, 2.45) is 23.6 Å². The number of unbranched alkanes of at least 4 members (excludes halogenated alkanes) is 4. The van der Waals surface area contributed by atoms with Crippen molar-refractivity contribution >= 4 is 0 Å². The topological polar surface area (TPSA) is 62.1 Å². The Morgan fingerprint density at radius 2 is 1.46 bits per heavy atom. The summed E-state index contributed by atoms with van der Waals surface area (Å²) in [6.45, 7) is 23.1. The molecule has 0 bridgehead atoms. The lowest BCUT2D eigenvalue weighted by Crippen LogP contribution is -2.23. The summed E-state index contributed by atoms with van der Waals surface area (Å²) >= 11 is 0. The minimum Gasteiger partial charge on any atom is -0.389 e. The molecule has 0 radical (unpaired) electrons. The molecule has 206 valence electrons. The summed E-state index contributed by atoms with van der Waals surface area (Å²) in [7, 11) is 0. The van der Waals surface area contributed by atoms with Crippen molar-refractivity contribution < 1.29 is 0 Å². The van der Waals surface area contributed by atoms with Crippen molar-refractivity contribution in [2.45, 2.75) is 125 Å². The van der Waals surface area contributed by atoms with E-state index >= 15 is 0 Å². The van der Waals surface area contributed by atoms with E-state index in [1.165, 1.54) is 87.6 Å². The SMILES string of the molecule is C=C(CCCNC(=C)CC(CCC)C(CC)C[C@H](C)CCC=C(C)C)NCCCCCCCNN. The summed E-state index contributed by atoms with van der Waals surface area (Å²) in [6.07, 6.45) is 19.6. The molecule has 35 heavy (non-hydrogen) atoms. The number of nitrogens with one attached hydrogen (secondary N) is 3. The summed E-state index contributed by atoms with van der Waals surface area (Å²) in [5, 5.41) is 7.12. The summed E-state index contributed by atoms with van der Waals surface area (Å²) < 4.78 is 0. The second-order valence-corrected chi connectivity index (χ2v) is 11.0. The van der Waals surface area contributed by atoms with Gasteiger partial charge in [0.25, 0.3) is 0 Å². The highest BCUT2D eigenvalue weighted by molar-refractivity contribution is 4.96. The van der Waals surface area contributed by atoms with Gasteiger partial charge in [0, 0.05) is 31.0 Å². The van der Waals surface area contributed by atoms with Gasteiger partial charge in [0.15, 0.2) is 0 Å². The Morgan fingerprint density at radius 3 is 2.09 bits per heavy atom. The molecule has 0 aromatic carbocycles. The number of hydrogen-bond donors (Lipinski definition) is 4. The maximum Gasteiger partial charge on any atom is 0.0147 e. The smallest absolute Gasteiger partial charge is 0.0147 e. The van der Waals surface area contributed by atoms with E-state index in [1.807, 2.05) is 0 Å². The summed E-state index contributed by atoms with van der Waals surface area (Å²) in [5.74, 6) is 7.64. The Morgan fingerprint density at radius 1 is 0.829 bits per heavy atom. The van der Waals surface area contributed by atoms with Crippen molar-refractivity contribution in [3.8, 4) is 0 Å². The van der Waals surface area contributed by atoms with Gasteiger partial charge in [-0.15, -0.1) is 0 Å². The number of nitrogens with two attached hydrogens (primary N) is 1. The van der Waals surface area contributed by atoms with Gasteiger partial charge in [0.1, 0.15) is 0 Å². The van der Waals surface area contributed by atoms with Crippen LogP contribution in [0.3, 0.4) is 0 Å². The normalized spacial score (nSPS) is 13.7. The van der Waals surface area contributed by atoms with Crippen molar-refractivity contribution in [3.63, 3.8) is 0 Å². The van der Waals surface area contributed by atoms with Crippen molar-refractivity contribution in [1.29, 1.82) is 0 Å². The zero-order chi connectivity index (χ0) is 26.3. The van der Waals surface area contributed by atoms with Crippen LogP contribution < -0.4 is 21.9 Å². The van der Waals surface area contributed by atoms with Crippen LogP contribution in [0.4, 0.5) is 0 Å². The number of allylic oxidation sites excluding steroid dienone is 4. The molecule has 5 N–H and O–H groups in total. The molecule has 0 rings (SSSR count). The quantitative estimate of drug-likeness (QED) is 0.0453. The predicted octanol–water partition coefficient (Wildman–Crippen LogP) is 7.99. The average molecular weight is 491 g/mol. The van der Waals surface area contributed by atoms with E-state index < -0.39 is 0 Å². The lowest BCUT2D eigenvalue weighted by Gasteiger charge is -2.29. The molecule has 0 saturated heterocycles. The number of hydrazine groups is 1. The van der Waals surface area contributed by atoms with Gasteiger partial charge >= 0.3 is 0 Å². The van der Waals surface area contributed by atoms with E-state index in [2.05, 4.69) is 69.9 Å². The second-order valence-electron chi connectivity index (χ2n) is 11.0. The zero-order valence-corrected chi connectivity index (χ0v) is 24.3. The standard InChI is InChI=1S/C31H62N4/c1-8-17-31(30(9-2)24-27(5)19-15-18-26(3)4)25-29(7)34-22-16-20-28(6)33-21-13-11-10-12-14-23-35-32/h18,27,30-31,33-35H,6-17,19-25,32H2,1-5H3/t27-,30?,31?/m1/s1. The maximum absolute atomic E-state index is 5.30. The van der Waals surface area contributed by atoms with Crippen molar-refractivity contribution in [3.05, 3.63) is 36.2 Å². The Hall–Kier alpha value is -1.26. The average Bonchev–Trinajstić information content (AvgIpc) is 2.81. The van der Waals surface area contributed by atoms with Crippen LogP contribution in [0.15, 0.2) is 36.2 Å². The largest absolute Gasteiger partial charge is 0.389 e. The Kier molecular flexibility index (Phi) is 22.3. The van der Waals surface area contributed by atoms with Crippen LogP contribution in [0.2, 0.25) is 0 Å². The highest BCUT2D eigenvalue weighted by Gasteiger charge is 2.22. The molecular formula is C31H62N4. The van der Waals surface area contributed by atoms with E-state index in [0.717, 1.165) is 56.7 Å². The molecule has 0 aliphatic carbocycles. The third-order valence-corrected chi connectivity index (χ3v) is 7.18. The third kappa shape index (κ3) is 20.6. The molecule has 4 heteroatoms. The lowest BCUT2D eigenvalue weighted by molar-refractivity contribution is 0.242. The molecule has 0 saturated carbocycles. The third-order valence-electron chi connectivity index (χ3n) is 7.18. The van der Waals surface area contributed by atoms with Gasteiger partial charge in [-0.2, -0.15) is 0 Å². The molecule has 0 aromatic rings. The Balaban J connectivity index is 4.14. The van der Waals surface area contributed by atoms with Crippen LogP contribution in [0.1, 0.15) is 125 Å². The Labute approximate surface area is 220 Å². The molecular weight excluding hydrogens is 428 g/mol. The van der Waals surface area contributed by atoms with E-state index in [9.17, 15) is 0 Å². The highest BCUT2D eigenvalue weighted by Crippen LogP contribution is 2.32. The molecule has 3 atom stereocenters. The Bertz CT molecular complexity index is 550. The molecule has 0 spiro atoms. The molecule has 0 aromatic heterocycles. The molecule has 2 unspecified atom stereocenters. The first-order valence-electron chi connectivity index (χ1n) is 14.7. The van der Waals surface area contributed by atoms with Crippen LogP contribution in [-0.4, -0.2) is 19.6 Å². The zero-order valence-electron chi connectivity index (χ0n) is 24.3. The fraction of sp³-hybridized carbons (Fsp3) is 0.806. The number of hydrogen-bond acceptors (Lipinski definition) is 4. The molecule has 4 nitrogen and oxygen atoms in total. The monoisotopic (exact) mass is 490 g/mol. The first-order valence-corrected chi connectivity index (χ1v) is 14.7. The predicted molar refractivity (Wildman–Crippen MR) is 158 cm³/mol. The van der Waals surface area contributed by atoms with Gasteiger partial charge in [-0.25, -0.2) is 0 Å². The number of rotatable bonds is 25. The lowest BCUT2D eigenvalue weighted by atomic mass is 9.77. The van der Waals surface area contributed by atoms with Crippen LogP contribution in [-0.2, 0) is 0 Å².